The van der Waals surface area contributed by atoms with Crippen molar-refractivity contribution in [3.8, 4) is 0 Å². The van der Waals surface area contributed by atoms with Gasteiger partial charge in [-0.2, -0.15) is 4.99 Å². The lowest BCUT2D eigenvalue weighted by Crippen LogP contribution is -2.39. The zero-order valence-electron chi connectivity index (χ0n) is 16.1. The van der Waals surface area contributed by atoms with Crippen LogP contribution in [0.3, 0.4) is 0 Å². The van der Waals surface area contributed by atoms with E-state index in [0.29, 0.717) is 30.7 Å². The number of benzene rings is 1. The Morgan fingerprint density at radius 3 is 2.63 bits per heavy atom. The molecule has 1 aromatic carbocycles. The molecule has 6 nitrogen and oxygen atoms in total. The Balaban J connectivity index is 1.79. The molecule has 2 heterocycles. The number of carbonyl (C=O) groups excluding carboxylic acids is 1. The first-order valence-electron chi connectivity index (χ1n) is 9.41. The first kappa shape index (κ1) is 20.2. The Morgan fingerprint density at radius 1 is 1.30 bits per heavy atom. The van der Waals surface area contributed by atoms with Gasteiger partial charge in [0.2, 0.25) is 10.0 Å². The third-order valence-corrected chi connectivity index (χ3v) is 7.57. The summed E-state index contributed by atoms with van der Waals surface area (Å²) in [4.78, 5) is 17.7. The number of carbonyl (C=O) groups is 1. The minimum atomic E-state index is -3.18. The zero-order valence-corrected chi connectivity index (χ0v) is 17.8. The Hall–Kier alpha value is -1.51. The Morgan fingerprint density at radius 2 is 2.00 bits per heavy atom. The number of hydrogen-bond donors (Lipinski definition) is 0. The summed E-state index contributed by atoms with van der Waals surface area (Å²) in [5, 5.41) is 0. The van der Waals surface area contributed by atoms with Crippen molar-refractivity contribution in [1.82, 2.24) is 8.87 Å². The maximum atomic E-state index is 12.6. The molecule has 1 aromatic heterocycles. The van der Waals surface area contributed by atoms with Crippen LogP contribution in [0.15, 0.2) is 23.2 Å². The maximum absolute atomic E-state index is 12.6. The van der Waals surface area contributed by atoms with Crippen LogP contribution in [-0.2, 0) is 28.3 Å². The van der Waals surface area contributed by atoms with Gasteiger partial charge in [0.1, 0.15) is 0 Å². The molecule has 1 aliphatic heterocycles. The van der Waals surface area contributed by atoms with Crippen LogP contribution in [0, 0.1) is 5.92 Å². The van der Waals surface area contributed by atoms with Crippen LogP contribution in [0.1, 0.15) is 38.2 Å². The lowest BCUT2D eigenvalue weighted by atomic mass is 9.98. The molecule has 1 aliphatic rings. The second-order valence-corrected chi connectivity index (χ2v) is 10.2. The number of sulfonamides is 1. The molecule has 0 N–H and O–H groups in total. The molecule has 1 saturated heterocycles. The van der Waals surface area contributed by atoms with Gasteiger partial charge in [0.05, 0.1) is 16.5 Å². The predicted molar refractivity (Wildman–Crippen MR) is 109 cm³/mol. The largest absolute Gasteiger partial charge is 0.319 e. The molecule has 0 unspecified atom stereocenters. The van der Waals surface area contributed by atoms with Crippen LogP contribution in [0.2, 0.25) is 0 Å². The molecule has 3 rings (SSSR count). The van der Waals surface area contributed by atoms with Crippen LogP contribution in [0.5, 0.6) is 0 Å². The minimum absolute atomic E-state index is 0.142. The number of rotatable bonds is 5. The number of amides is 1. The van der Waals surface area contributed by atoms with Gasteiger partial charge in [0, 0.05) is 26.1 Å². The number of fused-ring (bicyclic) bond motifs is 1. The molecule has 0 spiro atoms. The highest BCUT2D eigenvalue weighted by atomic mass is 32.2. The first-order chi connectivity index (χ1) is 12.8. The highest BCUT2D eigenvalue weighted by molar-refractivity contribution is 7.88. The van der Waals surface area contributed by atoms with Crippen LogP contribution >= 0.6 is 11.3 Å². The third kappa shape index (κ3) is 4.67. The van der Waals surface area contributed by atoms with Gasteiger partial charge in [-0.15, -0.1) is 0 Å². The first-order valence-corrected chi connectivity index (χ1v) is 12.1. The number of nitrogens with zero attached hydrogens (tertiary/aromatic N) is 3. The average molecular weight is 410 g/mol. The average Bonchev–Trinajstić information content (AvgIpc) is 2.94. The quantitative estimate of drug-likeness (QED) is 0.762. The fourth-order valence-corrected chi connectivity index (χ4v) is 5.40. The molecule has 27 heavy (non-hydrogen) atoms. The second kappa shape index (κ2) is 8.24. The van der Waals surface area contributed by atoms with E-state index in [4.69, 9.17) is 0 Å². The topological polar surface area (TPSA) is 71.7 Å². The summed E-state index contributed by atoms with van der Waals surface area (Å²) < 4.78 is 27.8. The van der Waals surface area contributed by atoms with E-state index < -0.39 is 10.0 Å². The predicted octanol–water partition coefficient (Wildman–Crippen LogP) is 2.68. The van der Waals surface area contributed by atoms with E-state index in [1.807, 2.05) is 11.6 Å². The van der Waals surface area contributed by atoms with Crippen LogP contribution < -0.4 is 4.80 Å². The summed E-state index contributed by atoms with van der Waals surface area (Å²) in [5.74, 6) is -0.343. The summed E-state index contributed by atoms with van der Waals surface area (Å²) in [6, 6.07) is 6.45. The molecule has 0 saturated carbocycles. The van der Waals surface area contributed by atoms with E-state index in [1.54, 1.807) is 0 Å². The molecule has 8 heteroatoms. The number of unbranched alkanes of at least 4 members (excludes halogenated alkanes) is 1. The number of hydrogen-bond acceptors (Lipinski definition) is 4. The number of thiazole rings is 1. The standard InChI is InChI=1S/C19H27N3O3S2/c1-4-5-6-14-7-8-16-17(13-14)26-19(21(16)2)20-18(23)15-9-11-22(12-10-15)27(3,24)25/h7-8,13,15H,4-6,9-12H2,1-3H3. The van der Waals surface area contributed by atoms with E-state index in [1.165, 1.54) is 40.3 Å². The van der Waals surface area contributed by atoms with Gasteiger partial charge in [-0.05, 0) is 43.4 Å². The van der Waals surface area contributed by atoms with Gasteiger partial charge in [-0.25, -0.2) is 12.7 Å². The molecule has 0 radical (unpaired) electrons. The minimum Gasteiger partial charge on any atom is -0.319 e. The summed E-state index contributed by atoms with van der Waals surface area (Å²) in [5.41, 5.74) is 2.40. The van der Waals surface area contributed by atoms with E-state index in [2.05, 4.69) is 30.1 Å². The van der Waals surface area contributed by atoms with Crippen molar-refractivity contribution in [2.45, 2.75) is 39.0 Å². The van der Waals surface area contributed by atoms with Gasteiger partial charge >= 0.3 is 0 Å². The van der Waals surface area contributed by atoms with Crippen molar-refractivity contribution >= 4 is 37.5 Å². The smallest absolute Gasteiger partial charge is 0.251 e. The third-order valence-electron chi connectivity index (χ3n) is 5.17. The number of aromatic nitrogens is 1. The van der Waals surface area contributed by atoms with Crippen molar-refractivity contribution in [2.75, 3.05) is 19.3 Å². The Kier molecular flexibility index (Phi) is 6.18. The second-order valence-electron chi connectivity index (χ2n) is 7.24. The molecular weight excluding hydrogens is 382 g/mol. The van der Waals surface area contributed by atoms with Gasteiger partial charge in [-0.1, -0.05) is 30.7 Å². The van der Waals surface area contributed by atoms with Crippen LogP contribution in [0.25, 0.3) is 10.2 Å². The molecule has 2 aromatic rings. The molecule has 0 bridgehead atoms. The number of aryl methyl sites for hydroxylation is 2. The molecule has 148 valence electrons. The summed E-state index contributed by atoms with van der Waals surface area (Å²) in [7, 11) is -1.25. The van der Waals surface area contributed by atoms with E-state index in [9.17, 15) is 13.2 Å². The molecule has 0 atom stereocenters. The lowest BCUT2D eigenvalue weighted by Gasteiger charge is -2.28. The van der Waals surface area contributed by atoms with Gasteiger partial charge < -0.3 is 4.57 Å². The highest BCUT2D eigenvalue weighted by Gasteiger charge is 2.28. The van der Waals surface area contributed by atoms with Crippen molar-refractivity contribution < 1.29 is 13.2 Å². The molecule has 1 amide bonds. The monoisotopic (exact) mass is 409 g/mol. The fourth-order valence-electron chi connectivity index (χ4n) is 3.44. The van der Waals surface area contributed by atoms with Gasteiger partial charge in [0.25, 0.3) is 5.91 Å². The highest BCUT2D eigenvalue weighted by Crippen LogP contribution is 2.22. The van der Waals surface area contributed by atoms with Crippen LogP contribution in [-0.4, -0.2) is 42.5 Å². The van der Waals surface area contributed by atoms with E-state index >= 15 is 0 Å². The van der Waals surface area contributed by atoms with Gasteiger partial charge in [0.15, 0.2) is 4.80 Å². The van der Waals surface area contributed by atoms with Crippen LogP contribution in [0.4, 0.5) is 0 Å². The van der Waals surface area contributed by atoms with E-state index in [-0.39, 0.29) is 11.8 Å². The maximum Gasteiger partial charge on any atom is 0.251 e. The summed E-state index contributed by atoms with van der Waals surface area (Å²) in [6.45, 7) is 2.97. The molecule has 1 fully saturated rings. The summed E-state index contributed by atoms with van der Waals surface area (Å²) >= 11 is 1.54. The van der Waals surface area contributed by atoms with Gasteiger partial charge in [-0.3, -0.25) is 4.79 Å². The molecular formula is C19H27N3O3S2. The fraction of sp³-hybridized carbons (Fsp3) is 0.579. The van der Waals surface area contributed by atoms with Crippen molar-refractivity contribution in [3.05, 3.63) is 28.6 Å². The number of piperidine rings is 1. The van der Waals surface area contributed by atoms with Crippen molar-refractivity contribution in [3.63, 3.8) is 0 Å². The lowest BCUT2D eigenvalue weighted by molar-refractivity contribution is -0.122. The normalized spacial score (nSPS) is 17.7. The van der Waals surface area contributed by atoms with Crippen molar-refractivity contribution in [2.24, 2.45) is 18.0 Å². The van der Waals surface area contributed by atoms with Crippen molar-refractivity contribution in [1.29, 1.82) is 0 Å². The Bertz CT molecular complexity index is 997. The molecule has 0 aliphatic carbocycles. The summed E-state index contributed by atoms with van der Waals surface area (Å²) in [6.07, 6.45) is 5.69. The SMILES string of the molecule is CCCCc1ccc2c(c1)sc(=NC(=O)C1CCN(S(C)(=O)=O)CC1)n2C. The van der Waals surface area contributed by atoms with E-state index in [0.717, 1.165) is 16.6 Å². The Labute approximate surface area is 164 Å². The zero-order chi connectivity index (χ0) is 19.6.